The minimum atomic E-state index is -3.59. The van der Waals surface area contributed by atoms with Crippen molar-refractivity contribution in [3.8, 4) is 0 Å². The molecule has 7 heteroatoms. The largest absolute Gasteiger partial charge is 0.316 e. The van der Waals surface area contributed by atoms with Crippen LogP contribution < -0.4 is 9.62 Å². The van der Waals surface area contributed by atoms with Gasteiger partial charge in [0.05, 0.1) is 11.9 Å². The molecule has 0 saturated carbocycles. The zero-order valence-electron chi connectivity index (χ0n) is 11.1. The predicted molar refractivity (Wildman–Crippen MR) is 76.0 cm³/mol. The average molecular weight is 292 g/mol. The van der Waals surface area contributed by atoms with Gasteiger partial charge in [0.25, 0.3) is 10.0 Å². The Labute approximate surface area is 117 Å². The maximum absolute atomic E-state index is 12.8. The lowest BCUT2D eigenvalue weighted by Crippen LogP contribution is -2.30. The van der Waals surface area contributed by atoms with E-state index in [2.05, 4.69) is 15.5 Å². The number of H-pyrrole nitrogens is 1. The predicted octanol–water partition coefficient (Wildman–Crippen LogP) is 0.881. The molecule has 0 radical (unpaired) electrons. The molecule has 1 aliphatic rings. The van der Waals surface area contributed by atoms with Gasteiger partial charge in [0, 0.05) is 18.7 Å². The summed E-state index contributed by atoms with van der Waals surface area (Å²) < 4.78 is 27.0. The van der Waals surface area contributed by atoms with Crippen molar-refractivity contribution in [3.63, 3.8) is 0 Å². The highest BCUT2D eigenvalue weighted by Crippen LogP contribution is 2.32. The first-order chi connectivity index (χ1) is 9.64. The highest BCUT2D eigenvalue weighted by molar-refractivity contribution is 7.92. The van der Waals surface area contributed by atoms with E-state index in [1.54, 1.807) is 13.2 Å². The summed E-state index contributed by atoms with van der Waals surface area (Å²) >= 11 is 0. The van der Waals surface area contributed by atoms with Crippen LogP contribution in [0.3, 0.4) is 0 Å². The number of aromatic nitrogens is 2. The molecule has 2 N–H and O–H groups in total. The first-order valence-electron chi connectivity index (χ1n) is 6.42. The quantitative estimate of drug-likeness (QED) is 0.877. The summed E-state index contributed by atoms with van der Waals surface area (Å²) in [6.45, 7) is 0.931. The van der Waals surface area contributed by atoms with E-state index in [0.29, 0.717) is 18.7 Å². The van der Waals surface area contributed by atoms with Gasteiger partial charge in [-0.25, -0.2) is 0 Å². The number of rotatable bonds is 4. The fourth-order valence-electron chi connectivity index (χ4n) is 2.51. The molecule has 1 aromatic heterocycles. The highest BCUT2D eigenvalue weighted by Gasteiger charge is 2.33. The van der Waals surface area contributed by atoms with Crippen molar-refractivity contribution in [3.05, 3.63) is 41.6 Å². The number of nitrogens with one attached hydrogen (secondary N) is 2. The van der Waals surface area contributed by atoms with Gasteiger partial charge in [-0.05, 0) is 25.1 Å². The van der Waals surface area contributed by atoms with Gasteiger partial charge in [-0.2, -0.15) is 13.5 Å². The highest BCUT2D eigenvalue weighted by atomic mass is 32.2. The second kappa shape index (κ2) is 4.92. The minimum Gasteiger partial charge on any atom is -0.316 e. The average Bonchev–Trinajstić information content (AvgIpc) is 3.05. The second-order valence-corrected chi connectivity index (χ2v) is 6.51. The third kappa shape index (κ3) is 1.99. The summed E-state index contributed by atoms with van der Waals surface area (Å²) in [5.41, 5.74) is 2.47. The molecule has 1 aliphatic heterocycles. The van der Waals surface area contributed by atoms with Crippen LogP contribution in [0.4, 0.5) is 5.69 Å². The molecule has 106 valence electrons. The lowest BCUT2D eigenvalue weighted by atomic mass is 10.2. The molecule has 0 amide bonds. The number of anilines is 1. The van der Waals surface area contributed by atoms with Crippen LogP contribution in [0.15, 0.2) is 35.5 Å². The molecule has 1 aromatic carbocycles. The number of aromatic amines is 1. The molecule has 0 saturated heterocycles. The molecule has 0 aliphatic carbocycles. The topological polar surface area (TPSA) is 78.1 Å². The first kappa shape index (κ1) is 13.1. The van der Waals surface area contributed by atoms with Gasteiger partial charge in [-0.15, -0.1) is 0 Å². The van der Waals surface area contributed by atoms with E-state index in [9.17, 15) is 8.42 Å². The second-order valence-electron chi connectivity index (χ2n) is 4.71. The third-order valence-electron chi connectivity index (χ3n) is 3.44. The molecular formula is C13H16N4O2S. The summed E-state index contributed by atoms with van der Waals surface area (Å²) in [4.78, 5) is 0. The van der Waals surface area contributed by atoms with Crippen molar-refractivity contribution < 1.29 is 8.42 Å². The van der Waals surface area contributed by atoms with Crippen molar-refractivity contribution in [1.29, 1.82) is 0 Å². The maximum atomic E-state index is 12.8. The van der Waals surface area contributed by atoms with Gasteiger partial charge < -0.3 is 5.32 Å². The van der Waals surface area contributed by atoms with Crippen LogP contribution in [-0.2, 0) is 23.0 Å². The number of hydrogen-bond donors (Lipinski definition) is 2. The number of fused-ring (bicyclic) bond motifs is 1. The number of para-hydroxylation sites is 1. The van der Waals surface area contributed by atoms with Crippen molar-refractivity contribution in [2.45, 2.75) is 18.0 Å². The van der Waals surface area contributed by atoms with Crippen LogP contribution in [0.5, 0.6) is 0 Å². The first-order valence-corrected chi connectivity index (χ1v) is 7.86. The van der Waals surface area contributed by atoms with Crippen LogP contribution in [0.1, 0.15) is 11.1 Å². The zero-order valence-corrected chi connectivity index (χ0v) is 11.9. The Morgan fingerprint density at radius 2 is 2.20 bits per heavy atom. The Morgan fingerprint density at radius 1 is 1.40 bits per heavy atom. The van der Waals surface area contributed by atoms with Crippen LogP contribution in [0.2, 0.25) is 0 Å². The summed E-state index contributed by atoms with van der Waals surface area (Å²) in [5, 5.41) is 9.60. The van der Waals surface area contributed by atoms with Crippen LogP contribution in [0, 0.1) is 0 Å². The summed E-state index contributed by atoms with van der Waals surface area (Å²) in [5.74, 6) is 0. The molecule has 20 heavy (non-hydrogen) atoms. The van der Waals surface area contributed by atoms with Gasteiger partial charge in [-0.3, -0.25) is 9.40 Å². The number of sulfonamides is 1. The molecule has 0 fully saturated rings. The molecule has 0 spiro atoms. The fourth-order valence-corrected chi connectivity index (χ4v) is 4.12. The van der Waals surface area contributed by atoms with Gasteiger partial charge >= 0.3 is 0 Å². The molecule has 0 unspecified atom stereocenters. The van der Waals surface area contributed by atoms with Crippen molar-refractivity contribution in [2.24, 2.45) is 0 Å². The van der Waals surface area contributed by atoms with E-state index in [-0.39, 0.29) is 5.03 Å². The molecule has 0 atom stereocenters. The van der Waals surface area contributed by atoms with Gasteiger partial charge in [0.2, 0.25) is 0 Å². The van der Waals surface area contributed by atoms with Crippen LogP contribution in [-0.4, -0.2) is 32.2 Å². The third-order valence-corrected chi connectivity index (χ3v) is 5.27. The summed E-state index contributed by atoms with van der Waals surface area (Å²) in [7, 11) is -1.81. The van der Waals surface area contributed by atoms with Crippen LogP contribution in [0.25, 0.3) is 0 Å². The molecular weight excluding hydrogens is 276 g/mol. The molecule has 2 heterocycles. The van der Waals surface area contributed by atoms with Crippen LogP contribution >= 0.6 is 0 Å². The summed E-state index contributed by atoms with van der Waals surface area (Å²) in [6, 6.07) is 7.59. The number of benzene rings is 1. The number of nitrogens with zero attached hydrogens (tertiary/aromatic N) is 2. The van der Waals surface area contributed by atoms with Crippen molar-refractivity contribution in [2.75, 3.05) is 17.9 Å². The molecule has 3 rings (SSSR count). The fraction of sp³-hybridized carbons (Fsp3) is 0.308. The van der Waals surface area contributed by atoms with E-state index in [4.69, 9.17) is 0 Å². The standard InChI is InChI=1S/C13H16N4O2S/c1-14-8-11-9-15-16-13(11)20(18,19)17-7-6-10-4-2-3-5-12(10)17/h2-5,9,14H,6-8H2,1H3,(H,15,16). The van der Waals surface area contributed by atoms with Gasteiger partial charge in [-0.1, -0.05) is 18.2 Å². The van der Waals surface area contributed by atoms with E-state index < -0.39 is 10.0 Å². The SMILES string of the molecule is CNCc1cn[nH]c1S(=O)(=O)N1CCc2ccccc21. The smallest absolute Gasteiger partial charge is 0.281 e. The lowest BCUT2D eigenvalue weighted by molar-refractivity contribution is 0.586. The van der Waals surface area contributed by atoms with E-state index >= 15 is 0 Å². The normalized spacial score (nSPS) is 14.6. The Hall–Kier alpha value is -1.86. The molecule has 2 aromatic rings. The van der Waals surface area contributed by atoms with Crippen molar-refractivity contribution >= 4 is 15.7 Å². The van der Waals surface area contributed by atoms with Gasteiger partial charge in [0.1, 0.15) is 0 Å². The molecule has 6 nitrogen and oxygen atoms in total. The Morgan fingerprint density at radius 3 is 3.00 bits per heavy atom. The lowest BCUT2D eigenvalue weighted by Gasteiger charge is -2.19. The Balaban J connectivity index is 2.03. The minimum absolute atomic E-state index is 0.170. The van der Waals surface area contributed by atoms with Crippen molar-refractivity contribution in [1.82, 2.24) is 15.5 Å². The Bertz CT molecular complexity index is 723. The van der Waals surface area contributed by atoms with Gasteiger partial charge in [0.15, 0.2) is 5.03 Å². The van der Waals surface area contributed by atoms with E-state index in [1.807, 2.05) is 24.3 Å². The van der Waals surface area contributed by atoms with E-state index in [0.717, 1.165) is 17.7 Å². The zero-order chi connectivity index (χ0) is 14.2. The van der Waals surface area contributed by atoms with E-state index in [1.165, 1.54) is 4.31 Å². The molecule has 0 bridgehead atoms. The number of hydrogen-bond acceptors (Lipinski definition) is 4. The Kier molecular flexibility index (Phi) is 3.23. The summed E-state index contributed by atoms with van der Waals surface area (Å²) in [6.07, 6.45) is 2.29. The monoisotopic (exact) mass is 292 g/mol. The maximum Gasteiger partial charge on any atom is 0.281 e.